The van der Waals surface area contributed by atoms with Crippen LogP contribution in [0.2, 0.25) is 0 Å². The van der Waals surface area contributed by atoms with Gasteiger partial charge in [-0.1, -0.05) is 6.07 Å². The van der Waals surface area contributed by atoms with Gasteiger partial charge >= 0.3 is 0 Å². The largest absolute Gasteiger partial charge is 0.375 e. The number of rotatable bonds is 2. The van der Waals surface area contributed by atoms with Crippen LogP contribution in [0.5, 0.6) is 0 Å². The van der Waals surface area contributed by atoms with Crippen molar-refractivity contribution in [2.24, 2.45) is 0 Å². The molecule has 98 valence electrons. The van der Waals surface area contributed by atoms with Crippen LogP contribution in [0, 0.1) is 5.82 Å². The molecule has 3 rings (SSSR count). The first kappa shape index (κ1) is 12.6. The maximum Gasteiger partial charge on any atom is 0.137 e. The van der Waals surface area contributed by atoms with E-state index in [1.165, 1.54) is 25.3 Å². The molecule has 1 heterocycles. The van der Waals surface area contributed by atoms with E-state index >= 15 is 0 Å². The van der Waals surface area contributed by atoms with Crippen molar-refractivity contribution in [3.8, 4) is 0 Å². The highest BCUT2D eigenvalue weighted by molar-refractivity contribution is 9.10. The first-order valence-corrected chi connectivity index (χ1v) is 7.33. The summed E-state index contributed by atoms with van der Waals surface area (Å²) >= 11 is 3.25. The van der Waals surface area contributed by atoms with Gasteiger partial charge in [0, 0.05) is 19.1 Å². The molecule has 0 amide bonds. The number of fused-ring (bicyclic) bond motifs is 1. The first-order chi connectivity index (χ1) is 8.74. The van der Waals surface area contributed by atoms with Gasteiger partial charge in [0.2, 0.25) is 0 Å². The molecule has 4 heteroatoms. The van der Waals surface area contributed by atoms with Crippen molar-refractivity contribution < 1.29 is 9.13 Å². The standard InChI is InChI=1S/C14H17BrFNO/c15-11-8-10(4-5-12(11)16)9-17-6-7-18-14-3-1-2-13(14)17/h4-5,8,13-14H,1-3,6-7,9H2. The number of nitrogens with zero attached hydrogens (tertiary/aromatic N) is 1. The van der Waals surface area contributed by atoms with Crippen LogP contribution >= 0.6 is 15.9 Å². The van der Waals surface area contributed by atoms with Crippen molar-refractivity contribution in [2.75, 3.05) is 13.2 Å². The third-order valence-corrected chi connectivity index (χ3v) is 4.57. The van der Waals surface area contributed by atoms with E-state index in [0.29, 0.717) is 16.6 Å². The fraction of sp³-hybridized carbons (Fsp3) is 0.571. The minimum atomic E-state index is -0.195. The molecule has 18 heavy (non-hydrogen) atoms. The van der Waals surface area contributed by atoms with Gasteiger partial charge in [-0.3, -0.25) is 4.90 Å². The molecule has 2 fully saturated rings. The lowest BCUT2D eigenvalue weighted by Gasteiger charge is -2.37. The maximum absolute atomic E-state index is 13.2. The van der Waals surface area contributed by atoms with Gasteiger partial charge in [0.05, 0.1) is 17.2 Å². The van der Waals surface area contributed by atoms with Crippen LogP contribution in [-0.2, 0) is 11.3 Å². The van der Waals surface area contributed by atoms with Gasteiger partial charge in [0.25, 0.3) is 0 Å². The summed E-state index contributed by atoms with van der Waals surface area (Å²) in [6.07, 6.45) is 4.10. The molecule has 2 aliphatic rings. The smallest absolute Gasteiger partial charge is 0.137 e. The number of hydrogen-bond acceptors (Lipinski definition) is 2. The highest BCUT2D eigenvalue weighted by atomic mass is 79.9. The van der Waals surface area contributed by atoms with E-state index in [-0.39, 0.29) is 5.82 Å². The lowest BCUT2D eigenvalue weighted by atomic mass is 10.1. The Labute approximate surface area is 115 Å². The number of ether oxygens (including phenoxy) is 1. The summed E-state index contributed by atoms with van der Waals surface area (Å²) in [4.78, 5) is 2.49. The molecule has 0 radical (unpaired) electrons. The molecule has 1 saturated carbocycles. The summed E-state index contributed by atoms with van der Waals surface area (Å²) in [6, 6.07) is 5.85. The minimum Gasteiger partial charge on any atom is -0.375 e. The van der Waals surface area contributed by atoms with E-state index in [4.69, 9.17) is 4.74 Å². The Balaban J connectivity index is 1.73. The van der Waals surface area contributed by atoms with Crippen molar-refractivity contribution in [3.05, 3.63) is 34.1 Å². The molecular formula is C14H17BrFNO. The van der Waals surface area contributed by atoms with Crippen LogP contribution in [0.4, 0.5) is 4.39 Å². The van der Waals surface area contributed by atoms with Crippen molar-refractivity contribution in [2.45, 2.75) is 38.0 Å². The molecule has 1 aliphatic carbocycles. The van der Waals surface area contributed by atoms with Gasteiger partial charge in [-0.2, -0.15) is 0 Å². The van der Waals surface area contributed by atoms with E-state index in [2.05, 4.69) is 20.8 Å². The van der Waals surface area contributed by atoms with Gasteiger partial charge in [0.1, 0.15) is 5.82 Å². The fourth-order valence-electron chi connectivity index (χ4n) is 3.07. The Morgan fingerprint density at radius 2 is 2.28 bits per heavy atom. The Morgan fingerprint density at radius 1 is 1.39 bits per heavy atom. The molecule has 2 atom stereocenters. The van der Waals surface area contributed by atoms with Gasteiger partial charge in [0.15, 0.2) is 0 Å². The first-order valence-electron chi connectivity index (χ1n) is 6.53. The predicted octanol–water partition coefficient (Wildman–Crippen LogP) is 3.34. The Bertz CT molecular complexity index is 440. The van der Waals surface area contributed by atoms with Crippen LogP contribution in [0.15, 0.2) is 22.7 Å². The van der Waals surface area contributed by atoms with E-state index in [9.17, 15) is 4.39 Å². The lowest BCUT2D eigenvalue weighted by molar-refractivity contribution is -0.0588. The molecule has 2 nitrogen and oxygen atoms in total. The molecule has 0 aromatic heterocycles. The molecular weight excluding hydrogens is 297 g/mol. The zero-order valence-electron chi connectivity index (χ0n) is 10.2. The molecule has 0 spiro atoms. The van der Waals surface area contributed by atoms with E-state index in [1.54, 1.807) is 0 Å². The average Bonchev–Trinajstić information content (AvgIpc) is 2.83. The van der Waals surface area contributed by atoms with Gasteiger partial charge < -0.3 is 4.74 Å². The maximum atomic E-state index is 13.2. The SMILES string of the molecule is Fc1ccc(CN2CCOC3CCCC32)cc1Br. The lowest BCUT2D eigenvalue weighted by Crippen LogP contribution is -2.47. The third-order valence-electron chi connectivity index (χ3n) is 3.97. The normalized spacial score (nSPS) is 28.3. The molecule has 2 unspecified atom stereocenters. The second-order valence-electron chi connectivity index (χ2n) is 5.13. The summed E-state index contributed by atoms with van der Waals surface area (Å²) in [7, 11) is 0. The molecule has 0 bridgehead atoms. The van der Waals surface area contributed by atoms with Crippen LogP contribution < -0.4 is 0 Å². The highest BCUT2D eigenvalue weighted by Crippen LogP contribution is 2.31. The highest BCUT2D eigenvalue weighted by Gasteiger charge is 2.35. The summed E-state index contributed by atoms with van der Waals surface area (Å²) in [6.45, 7) is 2.70. The second-order valence-corrected chi connectivity index (χ2v) is 5.98. The fourth-order valence-corrected chi connectivity index (χ4v) is 3.50. The van der Waals surface area contributed by atoms with Gasteiger partial charge in [-0.05, 0) is 52.9 Å². The zero-order valence-corrected chi connectivity index (χ0v) is 11.8. The van der Waals surface area contributed by atoms with Crippen LogP contribution in [0.25, 0.3) is 0 Å². The molecule has 1 aromatic rings. The van der Waals surface area contributed by atoms with Gasteiger partial charge in [-0.25, -0.2) is 4.39 Å². The summed E-state index contributed by atoms with van der Waals surface area (Å²) in [5.41, 5.74) is 1.16. The van der Waals surface area contributed by atoms with Crippen LogP contribution in [0.3, 0.4) is 0 Å². The number of halogens is 2. The summed E-state index contributed by atoms with van der Waals surface area (Å²) < 4.78 is 19.6. The molecule has 1 aromatic carbocycles. The summed E-state index contributed by atoms with van der Waals surface area (Å²) in [5, 5.41) is 0. The zero-order chi connectivity index (χ0) is 12.5. The molecule has 1 saturated heterocycles. The number of morpholine rings is 1. The topological polar surface area (TPSA) is 12.5 Å². The number of hydrogen-bond donors (Lipinski definition) is 0. The molecule has 1 aliphatic heterocycles. The van der Waals surface area contributed by atoms with Crippen molar-refractivity contribution in [1.29, 1.82) is 0 Å². The molecule has 0 N–H and O–H groups in total. The monoisotopic (exact) mass is 313 g/mol. The predicted molar refractivity (Wildman–Crippen MR) is 71.9 cm³/mol. The summed E-state index contributed by atoms with van der Waals surface area (Å²) in [5.74, 6) is -0.195. The Kier molecular flexibility index (Phi) is 3.68. The van der Waals surface area contributed by atoms with E-state index in [1.807, 2.05) is 12.1 Å². The van der Waals surface area contributed by atoms with E-state index in [0.717, 1.165) is 25.3 Å². The van der Waals surface area contributed by atoms with Crippen molar-refractivity contribution >= 4 is 15.9 Å². The quantitative estimate of drug-likeness (QED) is 0.830. The Morgan fingerprint density at radius 3 is 3.11 bits per heavy atom. The van der Waals surface area contributed by atoms with Gasteiger partial charge in [-0.15, -0.1) is 0 Å². The van der Waals surface area contributed by atoms with Crippen molar-refractivity contribution in [1.82, 2.24) is 4.90 Å². The van der Waals surface area contributed by atoms with Crippen LogP contribution in [-0.4, -0.2) is 30.2 Å². The second kappa shape index (κ2) is 5.27. The minimum absolute atomic E-state index is 0.195. The Hall–Kier alpha value is -0.450. The van der Waals surface area contributed by atoms with Crippen molar-refractivity contribution in [3.63, 3.8) is 0 Å². The van der Waals surface area contributed by atoms with Crippen LogP contribution in [0.1, 0.15) is 24.8 Å². The average molecular weight is 314 g/mol. The van der Waals surface area contributed by atoms with E-state index < -0.39 is 0 Å². The number of benzene rings is 1. The third kappa shape index (κ3) is 2.46.